The van der Waals surface area contributed by atoms with E-state index in [9.17, 15) is 24.3 Å². The zero-order valence-electron chi connectivity index (χ0n) is 22.2. The number of carbonyl (C=O) groups excluding carboxylic acids is 3. The van der Waals surface area contributed by atoms with Gasteiger partial charge >= 0.3 is 12.1 Å². The van der Waals surface area contributed by atoms with Crippen molar-refractivity contribution in [2.24, 2.45) is 0 Å². The average Bonchev–Trinajstić information content (AvgIpc) is 3.35. The summed E-state index contributed by atoms with van der Waals surface area (Å²) in [6.07, 6.45) is 3.78. The molecule has 3 amide bonds. The zero-order valence-corrected chi connectivity index (χ0v) is 23.0. The van der Waals surface area contributed by atoms with Crippen molar-refractivity contribution < 1.29 is 29.0 Å². The number of ether oxygens (including phenoxy) is 1. The third-order valence-corrected chi connectivity index (χ3v) is 7.71. The summed E-state index contributed by atoms with van der Waals surface area (Å²) in [6.45, 7) is 6.54. The van der Waals surface area contributed by atoms with Crippen LogP contribution in [0.5, 0.6) is 0 Å². The molecule has 37 heavy (non-hydrogen) atoms. The number of nitrogens with one attached hydrogen (secondary N) is 1. The Kier molecular flexibility index (Phi) is 9.50. The molecule has 2 saturated heterocycles. The molecule has 2 N–H and O–H groups in total. The van der Waals surface area contributed by atoms with Crippen LogP contribution in [0.25, 0.3) is 0 Å². The Labute approximate surface area is 223 Å². The van der Waals surface area contributed by atoms with Gasteiger partial charge in [0.2, 0.25) is 11.8 Å². The topological polar surface area (TPSA) is 116 Å². The Balaban J connectivity index is 1.75. The molecule has 2 aliphatic heterocycles. The van der Waals surface area contributed by atoms with E-state index in [1.807, 2.05) is 36.6 Å². The summed E-state index contributed by atoms with van der Waals surface area (Å²) in [7, 11) is 0. The maximum absolute atomic E-state index is 13.7. The second-order valence-corrected chi connectivity index (χ2v) is 11.7. The molecule has 0 unspecified atom stereocenters. The second kappa shape index (κ2) is 12.2. The minimum absolute atomic E-state index is 0.131. The standard InChI is InChI=1S/C27H39N3O6S/c1-26(2,3)36-25(35)30-15-8-11-21(30)22(31)29-16-13-27(14-17-29,19-9-6-5-7-10-19)24(34)28-20(23(32)33)12-18-37-4/h5-7,9-10,20-21H,8,11-18H2,1-4H3,(H,28,34)(H,32,33)/t20-,21+/m1/s1. The Bertz CT molecular complexity index is 972. The van der Waals surface area contributed by atoms with Gasteiger partial charge in [-0.2, -0.15) is 11.8 Å². The fourth-order valence-electron chi connectivity index (χ4n) is 5.08. The second-order valence-electron chi connectivity index (χ2n) is 10.8. The van der Waals surface area contributed by atoms with Crippen LogP contribution in [0.2, 0.25) is 0 Å². The zero-order chi connectivity index (χ0) is 27.2. The molecule has 2 fully saturated rings. The van der Waals surface area contributed by atoms with Gasteiger partial charge in [0, 0.05) is 19.6 Å². The lowest BCUT2D eigenvalue weighted by atomic mass is 9.71. The summed E-state index contributed by atoms with van der Waals surface area (Å²) >= 11 is 1.53. The summed E-state index contributed by atoms with van der Waals surface area (Å²) in [5.41, 5.74) is -0.777. The molecule has 0 spiro atoms. The van der Waals surface area contributed by atoms with Gasteiger partial charge in [-0.1, -0.05) is 30.3 Å². The highest BCUT2D eigenvalue weighted by atomic mass is 32.2. The number of carbonyl (C=O) groups is 4. The van der Waals surface area contributed by atoms with E-state index >= 15 is 0 Å². The van der Waals surface area contributed by atoms with Crippen molar-refractivity contribution in [2.45, 2.75) is 76.0 Å². The largest absolute Gasteiger partial charge is 0.480 e. The van der Waals surface area contributed by atoms with Crippen LogP contribution >= 0.6 is 11.8 Å². The first-order valence-electron chi connectivity index (χ1n) is 12.8. The van der Waals surface area contributed by atoms with E-state index in [1.54, 1.807) is 25.7 Å². The van der Waals surface area contributed by atoms with Gasteiger partial charge in [-0.25, -0.2) is 9.59 Å². The van der Waals surface area contributed by atoms with Crippen molar-refractivity contribution in [1.29, 1.82) is 0 Å². The maximum atomic E-state index is 13.7. The van der Waals surface area contributed by atoms with Crippen molar-refractivity contribution in [3.63, 3.8) is 0 Å². The molecule has 0 saturated carbocycles. The molecule has 2 atom stereocenters. The number of thioether (sulfide) groups is 1. The molecule has 1 aromatic rings. The van der Waals surface area contributed by atoms with Gasteiger partial charge in [0.05, 0.1) is 5.41 Å². The van der Waals surface area contributed by atoms with Crippen molar-refractivity contribution in [3.05, 3.63) is 35.9 Å². The first-order valence-corrected chi connectivity index (χ1v) is 14.2. The SMILES string of the molecule is CSCC[C@@H](NC(=O)C1(c2ccccc2)CCN(C(=O)[C@@H]2CCCN2C(=O)OC(C)(C)C)CC1)C(=O)O. The van der Waals surface area contributed by atoms with Crippen LogP contribution in [0.1, 0.15) is 58.4 Å². The van der Waals surface area contributed by atoms with Crippen LogP contribution < -0.4 is 5.32 Å². The molecule has 204 valence electrons. The monoisotopic (exact) mass is 533 g/mol. The predicted molar refractivity (Wildman–Crippen MR) is 142 cm³/mol. The molecule has 0 aromatic heterocycles. The number of nitrogens with zero attached hydrogens (tertiary/aromatic N) is 2. The van der Waals surface area contributed by atoms with Crippen molar-refractivity contribution in [2.75, 3.05) is 31.6 Å². The van der Waals surface area contributed by atoms with E-state index in [-0.39, 0.29) is 11.8 Å². The van der Waals surface area contributed by atoms with Crippen LogP contribution in [-0.4, -0.2) is 88.1 Å². The minimum Gasteiger partial charge on any atom is -0.480 e. The molecule has 2 aliphatic rings. The van der Waals surface area contributed by atoms with Crippen molar-refractivity contribution >= 4 is 35.6 Å². The van der Waals surface area contributed by atoms with Gasteiger partial charge in [-0.05, 0) is 70.4 Å². The van der Waals surface area contributed by atoms with Crippen LogP contribution in [0.15, 0.2) is 30.3 Å². The van der Waals surface area contributed by atoms with Gasteiger partial charge in [0.25, 0.3) is 0 Å². The summed E-state index contributed by atoms with van der Waals surface area (Å²) in [5.74, 6) is -0.890. The van der Waals surface area contributed by atoms with Crippen LogP contribution in [0.3, 0.4) is 0 Å². The molecule has 0 aliphatic carbocycles. The highest BCUT2D eigenvalue weighted by Crippen LogP contribution is 2.37. The average molecular weight is 534 g/mol. The lowest BCUT2D eigenvalue weighted by Crippen LogP contribution is -2.57. The minimum atomic E-state index is -1.05. The summed E-state index contributed by atoms with van der Waals surface area (Å²) in [4.78, 5) is 54.9. The Morgan fingerprint density at radius 1 is 1.14 bits per heavy atom. The third-order valence-electron chi connectivity index (χ3n) is 7.07. The maximum Gasteiger partial charge on any atom is 0.410 e. The van der Waals surface area contributed by atoms with Crippen molar-refractivity contribution in [1.82, 2.24) is 15.1 Å². The van der Waals surface area contributed by atoms with Gasteiger partial charge in [0.15, 0.2) is 0 Å². The molecule has 10 heteroatoms. The number of benzene rings is 1. The normalized spacial score (nSPS) is 20.3. The fraction of sp³-hybridized carbons (Fsp3) is 0.630. The van der Waals surface area contributed by atoms with E-state index in [1.165, 1.54) is 16.7 Å². The first-order chi connectivity index (χ1) is 17.5. The number of rotatable bonds is 8. The van der Waals surface area contributed by atoms with Crippen molar-refractivity contribution in [3.8, 4) is 0 Å². The fourth-order valence-corrected chi connectivity index (χ4v) is 5.55. The Morgan fingerprint density at radius 3 is 2.35 bits per heavy atom. The molecule has 3 rings (SSSR count). The molecule has 1 aromatic carbocycles. The van der Waals surface area contributed by atoms with Gasteiger partial charge in [0.1, 0.15) is 17.7 Å². The van der Waals surface area contributed by atoms with Crippen LogP contribution in [-0.2, 0) is 24.5 Å². The number of piperidine rings is 1. The number of carboxylic acids is 1. The summed E-state index contributed by atoms with van der Waals surface area (Å²) in [6, 6.07) is 7.82. The predicted octanol–water partition coefficient (Wildman–Crippen LogP) is 3.27. The Morgan fingerprint density at radius 2 is 1.78 bits per heavy atom. The van der Waals surface area contributed by atoms with Crippen LogP contribution in [0, 0.1) is 0 Å². The lowest BCUT2D eigenvalue weighted by molar-refractivity contribution is -0.144. The van der Waals surface area contributed by atoms with E-state index in [0.717, 1.165) is 12.0 Å². The van der Waals surface area contributed by atoms with E-state index in [0.29, 0.717) is 51.1 Å². The van der Waals surface area contributed by atoms with Gasteiger partial charge in [-0.3, -0.25) is 14.5 Å². The molecular weight excluding hydrogens is 494 g/mol. The highest BCUT2D eigenvalue weighted by Gasteiger charge is 2.46. The third kappa shape index (κ3) is 6.97. The summed E-state index contributed by atoms with van der Waals surface area (Å²) in [5, 5.41) is 12.4. The molecule has 0 bridgehead atoms. The molecular formula is C27H39N3O6S. The van der Waals surface area contributed by atoms with Gasteiger partial charge < -0.3 is 20.1 Å². The highest BCUT2D eigenvalue weighted by molar-refractivity contribution is 7.98. The van der Waals surface area contributed by atoms with Crippen LogP contribution in [0.4, 0.5) is 4.79 Å². The summed E-state index contributed by atoms with van der Waals surface area (Å²) < 4.78 is 5.51. The van der Waals surface area contributed by atoms with E-state index in [2.05, 4.69) is 5.32 Å². The number of aliphatic carboxylic acids is 1. The van der Waals surface area contributed by atoms with E-state index in [4.69, 9.17) is 4.74 Å². The number of carboxylic acid groups (broad SMARTS) is 1. The number of hydrogen-bond donors (Lipinski definition) is 2. The van der Waals surface area contributed by atoms with Gasteiger partial charge in [-0.15, -0.1) is 0 Å². The number of likely N-dealkylation sites (tertiary alicyclic amines) is 2. The molecule has 0 radical (unpaired) electrons. The first kappa shape index (κ1) is 28.8. The Hall–Kier alpha value is -2.75. The molecule has 9 nitrogen and oxygen atoms in total. The van der Waals surface area contributed by atoms with E-state index < -0.39 is 35.2 Å². The lowest BCUT2D eigenvalue weighted by Gasteiger charge is -2.42. The molecule has 2 heterocycles. The quantitative estimate of drug-likeness (QED) is 0.527. The number of hydrogen-bond acceptors (Lipinski definition) is 6. The number of amides is 3. The smallest absolute Gasteiger partial charge is 0.410 e.